The van der Waals surface area contributed by atoms with Crippen LogP contribution >= 0.6 is 0 Å². The standard InChI is InChI=1S/C21H26N4O3/c1-15-5-3-7-17-18(15)21(26)28-20(23-17)16-6-4-8-22-19(16)25-11-9-24(10-12-25)13-14-27-2/h3-8,15,18H,9-14H2,1-2H3. The van der Waals surface area contributed by atoms with Gasteiger partial charge in [-0.25, -0.2) is 9.98 Å². The first-order valence-electron chi connectivity index (χ1n) is 9.78. The van der Waals surface area contributed by atoms with Crippen LogP contribution in [-0.2, 0) is 14.3 Å². The summed E-state index contributed by atoms with van der Waals surface area (Å²) in [7, 11) is 1.73. The Bertz CT molecular complexity index is 825. The minimum atomic E-state index is -0.321. The molecule has 1 fully saturated rings. The van der Waals surface area contributed by atoms with Crippen molar-refractivity contribution in [2.45, 2.75) is 6.92 Å². The van der Waals surface area contributed by atoms with Crippen LogP contribution in [0.4, 0.5) is 5.82 Å². The fraction of sp³-hybridized carbons (Fsp3) is 0.476. The number of pyridine rings is 1. The first kappa shape index (κ1) is 18.8. The van der Waals surface area contributed by atoms with E-state index in [-0.39, 0.29) is 17.8 Å². The molecular weight excluding hydrogens is 356 g/mol. The Morgan fingerprint density at radius 3 is 2.89 bits per heavy atom. The number of esters is 1. The largest absolute Gasteiger partial charge is 0.406 e. The SMILES string of the molecule is COCCN1CCN(c2ncccc2C2=NC3=CC=CC(C)C3C(=O)O2)CC1. The molecule has 148 valence electrons. The minimum absolute atomic E-state index is 0.0892. The zero-order valence-corrected chi connectivity index (χ0v) is 16.4. The molecule has 0 spiro atoms. The molecule has 0 saturated carbocycles. The average molecular weight is 382 g/mol. The lowest BCUT2D eigenvalue weighted by Gasteiger charge is -2.36. The van der Waals surface area contributed by atoms with Crippen molar-refractivity contribution in [1.82, 2.24) is 9.88 Å². The van der Waals surface area contributed by atoms with Gasteiger partial charge >= 0.3 is 5.97 Å². The summed E-state index contributed by atoms with van der Waals surface area (Å²) in [6.07, 6.45) is 7.64. The van der Waals surface area contributed by atoms with Crippen LogP contribution in [0.1, 0.15) is 12.5 Å². The predicted octanol–water partition coefficient (Wildman–Crippen LogP) is 1.86. The Kier molecular flexibility index (Phi) is 5.54. The first-order valence-corrected chi connectivity index (χ1v) is 9.78. The van der Waals surface area contributed by atoms with Gasteiger partial charge in [-0.05, 0) is 24.1 Å². The number of hydrogen-bond acceptors (Lipinski definition) is 7. The van der Waals surface area contributed by atoms with Gasteiger partial charge in [-0.15, -0.1) is 0 Å². The van der Waals surface area contributed by atoms with E-state index in [9.17, 15) is 4.79 Å². The Labute approximate surface area is 165 Å². The monoisotopic (exact) mass is 382 g/mol. The third-order valence-electron chi connectivity index (χ3n) is 5.51. The summed E-state index contributed by atoms with van der Waals surface area (Å²) in [6, 6.07) is 3.78. The molecule has 2 aliphatic heterocycles. The minimum Gasteiger partial charge on any atom is -0.406 e. The van der Waals surface area contributed by atoms with Crippen molar-refractivity contribution in [2.75, 3.05) is 51.3 Å². The normalized spacial score (nSPS) is 25.1. The summed E-state index contributed by atoms with van der Waals surface area (Å²) in [5.74, 6) is 0.690. The van der Waals surface area contributed by atoms with Crippen LogP contribution in [0.3, 0.4) is 0 Å². The summed E-state index contributed by atoms with van der Waals surface area (Å²) >= 11 is 0. The highest BCUT2D eigenvalue weighted by atomic mass is 16.5. The average Bonchev–Trinajstić information content (AvgIpc) is 2.72. The van der Waals surface area contributed by atoms with Crippen molar-refractivity contribution >= 4 is 17.7 Å². The molecule has 0 amide bonds. The lowest BCUT2D eigenvalue weighted by molar-refractivity contribution is -0.140. The number of aliphatic imine (C=N–C) groups is 1. The molecule has 7 heteroatoms. The summed E-state index contributed by atoms with van der Waals surface area (Å²) in [6.45, 7) is 7.30. The lowest BCUT2D eigenvalue weighted by Crippen LogP contribution is -2.48. The van der Waals surface area contributed by atoms with E-state index in [1.807, 2.05) is 37.3 Å². The molecule has 3 aliphatic rings. The lowest BCUT2D eigenvalue weighted by atomic mass is 9.86. The molecule has 0 aromatic carbocycles. The quantitative estimate of drug-likeness (QED) is 0.724. The molecule has 4 rings (SSSR count). The number of anilines is 1. The molecule has 0 bridgehead atoms. The number of allylic oxidation sites excluding steroid dienone is 3. The maximum atomic E-state index is 12.6. The highest BCUT2D eigenvalue weighted by molar-refractivity contribution is 6.07. The number of methoxy groups -OCH3 is 1. The number of cyclic esters (lactones) is 1. The summed E-state index contributed by atoms with van der Waals surface area (Å²) in [5, 5.41) is 0. The van der Waals surface area contributed by atoms with Gasteiger partial charge in [-0.3, -0.25) is 9.69 Å². The van der Waals surface area contributed by atoms with Gasteiger partial charge in [0.1, 0.15) is 11.7 Å². The molecule has 0 N–H and O–H groups in total. The molecule has 1 aliphatic carbocycles. The van der Waals surface area contributed by atoms with E-state index >= 15 is 0 Å². The smallest absolute Gasteiger partial charge is 0.322 e. The van der Waals surface area contributed by atoms with Crippen LogP contribution in [-0.4, -0.2) is 68.2 Å². The van der Waals surface area contributed by atoms with Gasteiger partial charge in [0.05, 0.1) is 17.9 Å². The maximum Gasteiger partial charge on any atom is 0.322 e. The molecule has 2 unspecified atom stereocenters. The fourth-order valence-electron chi connectivity index (χ4n) is 3.89. The van der Waals surface area contributed by atoms with Gasteiger partial charge < -0.3 is 14.4 Å². The van der Waals surface area contributed by atoms with E-state index in [1.54, 1.807) is 13.3 Å². The molecule has 1 saturated heterocycles. The third-order valence-corrected chi connectivity index (χ3v) is 5.51. The summed E-state index contributed by atoms with van der Waals surface area (Å²) < 4.78 is 10.8. The molecular formula is C21H26N4O3. The number of hydrogen-bond donors (Lipinski definition) is 0. The van der Waals surface area contributed by atoms with Crippen LogP contribution in [0.25, 0.3) is 0 Å². The molecule has 1 aromatic rings. The topological polar surface area (TPSA) is 67.3 Å². The van der Waals surface area contributed by atoms with Gasteiger partial charge in [-0.1, -0.05) is 19.1 Å². The Morgan fingerprint density at radius 1 is 1.29 bits per heavy atom. The molecule has 28 heavy (non-hydrogen) atoms. The van der Waals surface area contributed by atoms with Crippen LogP contribution < -0.4 is 4.90 Å². The molecule has 1 aromatic heterocycles. The number of fused-ring (bicyclic) bond motifs is 1. The van der Waals surface area contributed by atoms with E-state index in [2.05, 4.69) is 19.8 Å². The van der Waals surface area contributed by atoms with E-state index < -0.39 is 0 Å². The van der Waals surface area contributed by atoms with Crippen LogP contribution in [0, 0.1) is 11.8 Å². The van der Waals surface area contributed by atoms with Crippen LogP contribution in [0.2, 0.25) is 0 Å². The van der Waals surface area contributed by atoms with E-state index in [0.29, 0.717) is 5.90 Å². The molecule has 2 atom stereocenters. The second kappa shape index (κ2) is 8.24. The second-order valence-corrected chi connectivity index (χ2v) is 7.35. The number of carbonyl (C=O) groups excluding carboxylic acids is 1. The molecule has 3 heterocycles. The zero-order valence-electron chi connectivity index (χ0n) is 16.4. The fourth-order valence-corrected chi connectivity index (χ4v) is 3.89. The summed E-state index contributed by atoms with van der Waals surface area (Å²) in [5.41, 5.74) is 1.53. The highest BCUT2D eigenvalue weighted by Gasteiger charge is 2.36. The van der Waals surface area contributed by atoms with Gasteiger partial charge in [0.2, 0.25) is 5.90 Å². The van der Waals surface area contributed by atoms with Gasteiger partial charge in [0.25, 0.3) is 0 Å². The van der Waals surface area contributed by atoms with E-state index in [1.165, 1.54) is 0 Å². The number of carbonyl (C=O) groups is 1. The predicted molar refractivity (Wildman–Crippen MR) is 107 cm³/mol. The van der Waals surface area contributed by atoms with Crippen molar-refractivity contribution < 1.29 is 14.3 Å². The third kappa shape index (κ3) is 3.72. The van der Waals surface area contributed by atoms with Crippen LogP contribution in [0.5, 0.6) is 0 Å². The molecule has 0 radical (unpaired) electrons. The van der Waals surface area contributed by atoms with Crippen molar-refractivity contribution in [2.24, 2.45) is 16.8 Å². The van der Waals surface area contributed by atoms with Crippen LogP contribution in [0.15, 0.2) is 47.2 Å². The number of nitrogens with zero attached hydrogens (tertiary/aromatic N) is 4. The van der Waals surface area contributed by atoms with Crippen molar-refractivity contribution in [3.63, 3.8) is 0 Å². The van der Waals surface area contributed by atoms with Crippen molar-refractivity contribution in [3.05, 3.63) is 47.8 Å². The number of piperazine rings is 1. The zero-order chi connectivity index (χ0) is 19.5. The number of aromatic nitrogens is 1. The van der Waals surface area contributed by atoms with Crippen molar-refractivity contribution in [3.8, 4) is 0 Å². The van der Waals surface area contributed by atoms with Gasteiger partial charge in [0, 0.05) is 46.0 Å². The Morgan fingerprint density at radius 2 is 2.11 bits per heavy atom. The van der Waals surface area contributed by atoms with E-state index in [0.717, 1.165) is 56.4 Å². The van der Waals surface area contributed by atoms with E-state index in [4.69, 9.17) is 9.47 Å². The van der Waals surface area contributed by atoms with Gasteiger partial charge in [-0.2, -0.15) is 0 Å². The maximum absolute atomic E-state index is 12.6. The summed E-state index contributed by atoms with van der Waals surface area (Å²) in [4.78, 5) is 26.5. The Balaban J connectivity index is 1.57. The molecule has 7 nitrogen and oxygen atoms in total. The first-order chi connectivity index (χ1) is 13.7. The number of rotatable bonds is 5. The van der Waals surface area contributed by atoms with Gasteiger partial charge in [0.15, 0.2) is 0 Å². The van der Waals surface area contributed by atoms with Crippen molar-refractivity contribution in [1.29, 1.82) is 0 Å². The number of ether oxygens (including phenoxy) is 2. The Hall–Kier alpha value is -2.51. The second-order valence-electron chi connectivity index (χ2n) is 7.35. The highest BCUT2D eigenvalue weighted by Crippen LogP contribution is 2.33.